The first-order valence-electron chi connectivity index (χ1n) is 4.48. The molecule has 1 aromatic carbocycles. The molecule has 0 heterocycles. The van der Waals surface area contributed by atoms with Crippen molar-refractivity contribution in [3.8, 4) is 0 Å². The second kappa shape index (κ2) is 5.78. The number of carbonyl (C=O) groups is 1. The molecule has 0 saturated heterocycles. The molecule has 0 unspecified atom stereocenters. The first kappa shape index (κ1) is 11.2. The molecule has 3 N–H and O–H groups in total. The maximum atomic E-state index is 11.3. The van der Waals surface area contributed by atoms with E-state index in [1.54, 1.807) is 0 Å². The van der Waals surface area contributed by atoms with Crippen LogP contribution in [-0.4, -0.2) is 12.5 Å². The Morgan fingerprint density at radius 3 is 2.57 bits per heavy atom. The van der Waals surface area contributed by atoms with Gasteiger partial charge in [0.2, 0.25) is 5.91 Å². The summed E-state index contributed by atoms with van der Waals surface area (Å²) in [6.45, 7) is 0.549. The molecule has 0 fully saturated rings. The lowest BCUT2D eigenvalue weighted by atomic mass is 10.2. The predicted molar refractivity (Wildman–Crippen MR) is 61.1 cm³/mol. The van der Waals surface area contributed by atoms with Crippen LogP contribution in [0.3, 0.4) is 0 Å². The highest BCUT2D eigenvalue weighted by atomic mass is 79.9. The van der Waals surface area contributed by atoms with Crippen LogP contribution >= 0.6 is 15.9 Å². The fraction of sp³-hybridized carbons (Fsp3) is 0.300. The van der Waals surface area contributed by atoms with Gasteiger partial charge in [0.25, 0.3) is 0 Å². The Hall–Kier alpha value is -0.870. The Bertz CT molecular complexity index is 297. The van der Waals surface area contributed by atoms with Gasteiger partial charge in [0.05, 0.1) is 0 Å². The van der Waals surface area contributed by atoms with Crippen LogP contribution in [0, 0.1) is 0 Å². The first-order valence-corrected chi connectivity index (χ1v) is 5.27. The van der Waals surface area contributed by atoms with Crippen LogP contribution in [0.2, 0.25) is 0 Å². The number of anilines is 1. The summed E-state index contributed by atoms with van der Waals surface area (Å²) in [6, 6.07) is 7.48. The molecule has 0 spiro atoms. The minimum Gasteiger partial charge on any atom is -0.330 e. The SMILES string of the molecule is NCCCC(=O)Nc1ccc(Br)cc1. The van der Waals surface area contributed by atoms with Gasteiger partial charge in [-0.1, -0.05) is 15.9 Å². The molecule has 0 radical (unpaired) electrons. The standard InChI is InChI=1S/C10H13BrN2O/c11-8-3-5-9(6-4-8)13-10(14)2-1-7-12/h3-6H,1-2,7,12H2,(H,13,14). The third-order valence-electron chi connectivity index (χ3n) is 1.74. The van der Waals surface area contributed by atoms with Crippen molar-refractivity contribution in [1.29, 1.82) is 0 Å². The molecule has 0 aliphatic rings. The summed E-state index contributed by atoms with van der Waals surface area (Å²) >= 11 is 3.32. The minimum absolute atomic E-state index is 0.0118. The van der Waals surface area contributed by atoms with Gasteiger partial charge < -0.3 is 11.1 Å². The van der Waals surface area contributed by atoms with E-state index in [0.29, 0.717) is 13.0 Å². The fourth-order valence-corrected chi connectivity index (χ4v) is 1.28. The van der Waals surface area contributed by atoms with Gasteiger partial charge in [-0.15, -0.1) is 0 Å². The summed E-state index contributed by atoms with van der Waals surface area (Å²) in [6.07, 6.45) is 1.20. The normalized spacial score (nSPS) is 9.86. The molecule has 3 nitrogen and oxygen atoms in total. The van der Waals surface area contributed by atoms with E-state index in [0.717, 1.165) is 16.6 Å². The van der Waals surface area contributed by atoms with Crippen LogP contribution < -0.4 is 11.1 Å². The molecule has 0 saturated carbocycles. The zero-order valence-electron chi connectivity index (χ0n) is 7.79. The van der Waals surface area contributed by atoms with Crippen LogP contribution in [0.25, 0.3) is 0 Å². The summed E-state index contributed by atoms with van der Waals surface area (Å²) in [5.74, 6) is 0.0118. The summed E-state index contributed by atoms with van der Waals surface area (Å²) in [4.78, 5) is 11.3. The first-order chi connectivity index (χ1) is 6.72. The lowest BCUT2D eigenvalue weighted by Gasteiger charge is -2.04. The maximum absolute atomic E-state index is 11.3. The predicted octanol–water partition coefficient (Wildman–Crippen LogP) is 2.13. The Balaban J connectivity index is 2.44. The average Bonchev–Trinajstić information content (AvgIpc) is 2.18. The number of hydrogen-bond donors (Lipinski definition) is 2. The molecular formula is C10H13BrN2O. The van der Waals surface area contributed by atoms with Crippen LogP contribution in [0.4, 0.5) is 5.69 Å². The zero-order valence-corrected chi connectivity index (χ0v) is 9.38. The number of nitrogens with two attached hydrogens (primary N) is 1. The van der Waals surface area contributed by atoms with E-state index in [9.17, 15) is 4.79 Å². The summed E-state index contributed by atoms with van der Waals surface area (Å²) in [5, 5.41) is 2.79. The van der Waals surface area contributed by atoms with Crippen molar-refractivity contribution in [2.45, 2.75) is 12.8 Å². The molecular weight excluding hydrogens is 244 g/mol. The average molecular weight is 257 g/mol. The van der Waals surface area contributed by atoms with E-state index in [-0.39, 0.29) is 5.91 Å². The van der Waals surface area contributed by atoms with E-state index in [1.807, 2.05) is 24.3 Å². The van der Waals surface area contributed by atoms with Crippen molar-refractivity contribution in [1.82, 2.24) is 0 Å². The maximum Gasteiger partial charge on any atom is 0.224 e. The molecule has 1 rings (SSSR count). The minimum atomic E-state index is 0.0118. The number of carbonyl (C=O) groups excluding carboxylic acids is 1. The van der Waals surface area contributed by atoms with Gasteiger partial charge in [0.15, 0.2) is 0 Å². The van der Waals surface area contributed by atoms with Gasteiger partial charge in [0.1, 0.15) is 0 Å². The number of nitrogens with one attached hydrogen (secondary N) is 1. The number of rotatable bonds is 4. The van der Waals surface area contributed by atoms with Crippen molar-refractivity contribution in [2.75, 3.05) is 11.9 Å². The van der Waals surface area contributed by atoms with Gasteiger partial charge in [-0.2, -0.15) is 0 Å². The van der Waals surface area contributed by atoms with Crippen LogP contribution in [0.15, 0.2) is 28.7 Å². The van der Waals surface area contributed by atoms with Gasteiger partial charge in [-0.05, 0) is 37.2 Å². The molecule has 14 heavy (non-hydrogen) atoms. The third kappa shape index (κ3) is 3.89. The van der Waals surface area contributed by atoms with Crippen molar-refractivity contribution >= 4 is 27.5 Å². The molecule has 1 aromatic rings. The van der Waals surface area contributed by atoms with Crippen LogP contribution in [0.5, 0.6) is 0 Å². The monoisotopic (exact) mass is 256 g/mol. The number of benzene rings is 1. The lowest BCUT2D eigenvalue weighted by Crippen LogP contribution is -2.13. The highest BCUT2D eigenvalue weighted by Gasteiger charge is 2.00. The molecule has 0 aromatic heterocycles. The Labute approximate surface area is 91.8 Å². The largest absolute Gasteiger partial charge is 0.330 e. The quantitative estimate of drug-likeness (QED) is 0.868. The van der Waals surface area contributed by atoms with E-state index >= 15 is 0 Å². The number of amides is 1. The topological polar surface area (TPSA) is 55.1 Å². The van der Waals surface area contributed by atoms with E-state index in [4.69, 9.17) is 5.73 Å². The number of halogens is 1. The second-order valence-corrected chi connectivity index (χ2v) is 3.86. The Morgan fingerprint density at radius 2 is 2.00 bits per heavy atom. The van der Waals surface area contributed by atoms with Gasteiger partial charge >= 0.3 is 0 Å². The van der Waals surface area contributed by atoms with E-state index < -0.39 is 0 Å². The molecule has 76 valence electrons. The number of hydrogen-bond acceptors (Lipinski definition) is 2. The van der Waals surface area contributed by atoms with Crippen molar-refractivity contribution < 1.29 is 4.79 Å². The fourth-order valence-electron chi connectivity index (χ4n) is 1.02. The highest BCUT2D eigenvalue weighted by Crippen LogP contribution is 2.14. The van der Waals surface area contributed by atoms with Crippen molar-refractivity contribution in [3.63, 3.8) is 0 Å². The molecule has 0 aliphatic heterocycles. The van der Waals surface area contributed by atoms with Gasteiger partial charge in [-0.25, -0.2) is 0 Å². The molecule has 0 atom stereocenters. The smallest absolute Gasteiger partial charge is 0.224 e. The third-order valence-corrected chi connectivity index (χ3v) is 2.26. The zero-order chi connectivity index (χ0) is 10.4. The summed E-state index contributed by atoms with van der Waals surface area (Å²) in [5.41, 5.74) is 6.12. The second-order valence-electron chi connectivity index (χ2n) is 2.95. The summed E-state index contributed by atoms with van der Waals surface area (Å²) < 4.78 is 0.998. The van der Waals surface area contributed by atoms with Gasteiger partial charge in [0, 0.05) is 16.6 Å². The van der Waals surface area contributed by atoms with E-state index in [1.165, 1.54) is 0 Å². The summed E-state index contributed by atoms with van der Waals surface area (Å²) in [7, 11) is 0. The van der Waals surface area contributed by atoms with Crippen molar-refractivity contribution in [2.24, 2.45) is 5.73 Å². The lowest BCUT2D eigenvalue weighted by molar-refractivity contribution is -0.116. The molecule has 0 bridgehead atoms. The van der Waals surface area contributed by atoms with E-state index in [2.05, 4.69) is 21.2 Å². The molecule has 1 amide bonds. The van der Waals surface area contributed by atoms with Gasteiger partial charge in [-0.3, -0.25) is 4.79 Å². The molecule has 4 heteroatoms. The van der Waals surface area contributed by atoms with Crippen LogP contribution in [-0.2, 0) is 4.79 Å². The Morgan fingerprint density at radius 1 is 1.36 bits per heavy atom. The van der Waals surface area contributed by atoms with Crippen molar-refractivity contribution in [3.05, 3.63) is 28.7 Å². The highest BCUT2D eigenvalue weighted by molar-refractivity contribution is 9.10. The Kier molecular flexibility index (Phi) is 4.62. The molecule has 0 aliphatic carbocycles. The van der Waals surface area contributed by atoms with Crippen LogP contribution in [0.1, 0.15) is 12.8 Å².